The molecular formula is C30H72N6Na3O24. The Morgan fingerprint density at radius 1 is 0.206 bits per heavy atom. The third-order valence-corrected chi connectivity index (χ3v) is 0.500. The number of carboxylic acid groups (broad SMARTS) is 12. The average Bonchev–Trinajstić information content (AvgIpc) is 2.94. The standard InChI is InChI=1S/3C2H8N2.12C2H4O2.3Na/c3*3-1-2-4;12*1-2(3)4;;;/h3*1-4H2;12*1H3,(H,3,4);;;. The van der Waals surface area contributed by atoms with Gasteiger partial charge in [-0.05, 0) is 0 Å². The Bertz CT molecular complexity index is 710. The van der Waals surface area contributed by atoms with E-state index in [-0.39, 0.29) is 88.7 Å². The molecule has 0 saturated heterocycles. The van der Waals surface area contributed by atoms with Gasteiger partial charge < -0.3 is 95.7 Å². The first-order valence-electron chi connectivity index (χ1n) is 15.1. The smallest absolute Gasteiger partial charge is 0.300 e. The Kier molecular flexibility index (Phi) is 245. The number of hydrogen-bond donors (Lipinski definition) is 18. The quantitative estimate of drug-likeness (QED) is 0.123. The number of hydrogen-bond acceptors (Lipinski definition) is 18. The fourth-order valence-electron chi connectivity index (χ4n) is 0. The zero-order valence-electron chi connectivity index (χ0n) is 39.0. The monoisotopic (exact) mass is 969 g/mol. The van der Waals surface area contributed by atoms with E-state index in [2.05, 4.69) is 0 Å². The molecule has 369 valence electrons. The van der Waals surface area contributed by atoms with Gasteiger partial charge in [-0.3, -0.25) is 57.5 Å². The minimum absolute atomic E-state index is 0. The summed E-state index contributed by atoms with van der Waals surface area (Å²) in [5.74, 6) is -10.0. The summed E-state index contributed by atoms with van der Waals surface area (Å²) in [6.07, 6.45) is 0. The van der Waals surface area contributed by atoms with E-state index in [1.165, 1.54) is 0 Å². The van der Waals surface area contributed by atoms with Crippen LogP contribution in [0.15, 0.2) is 0 Å². The molecule has 33 heteroatoms. The molecule has 0 atom stereocenters. The molecule has 0 aromatic rings. The summed E-state index contributed by atoms with van der Waals surface area (Å²) in [6, 6.07) is 0. The first kappa shape index (κ1) is 118. The summed E-state index contributed by atoms with van der Waals surface area (Å²) in [5, 5.41) is 89.0. The van der Waals surface area contributed by atoms with Gasteiger partial charge in [0.15, 0.2) is 0 Å². The first-order valence-corrected chi connectivity index (χ1v) is 15.1. The van der Waals surface area contributed by atoms with E-state index >= 15 is 0 Å². The molecule has 0 spiro atoms. The summed E-state index contributed by atoms with van der Waals surface area (Å²) in [4.78, 5) is 108. The minimum Gasteiger partial charge on any atom is -0.481 e. The molecule has 0 amide bonds. The molecule has 24 N–H and O–H groups in total. The molecule has 0 aliphatic carbocycles. The van der Waals surface area contributed by atoms with E-state index in [9.17, 15) is 0 Å². The van der Waals surface area contributed by atoms with Crippen LogP contribution < -0.4 is 34.4 Å². The molecule has 0 heterocycles. The van der Waals surface area contributed by atoms with Crippen molar-refractivity contribution in [1.29, 1.82) is 0 Å². The van der Waals surface area contributed by atoms with Crippen LogP contribution >= 0.6 is 0 Å². The first-order chi connectivity index (χ1) is 26.5. The molecule has 30 nitrogen and oxygen atoms in total. The molecule has 0 aromatic carbocycles. The van der Waals surface area contributed by atoms with E-state index in [4.69, 9.17) is 153 Å². The zero-order chi connectivity index (χ0) is 53.2. The number of carboxylic acids is 12. The van der Waals surface area contributed by atoms with Crippen LogP contribution in [0.5, 0.6) is 0 Å². The van der Waals surface area contributed by atoms with Gasteiger partial charge in [0, 0.05) is 211 Å². The van der Waals surface area contributed by atoms with E-state index in [1.54, 1.807) is 0 Å². The van der Waals surface area contributed by atoms with Crippen molar-refractivity contribution in [3.8, 4) is 0 Å². The number of aliphatic carboxylic acids is 12. The van der Waals surface area contributed by atoms with Gasteiger partial charge in [0.1, 0.15) is 0 Å². The van der Waals surface area contributed by atoms with Crippen molar-refractivity contribution in [2.75, 3.05) is 39.3 Å². The van der Waals surface area contributed by atoms with Crippen LogP contribution in [-0.4, -0.2) is 261 Å². The molecular weight excluding hydrogens is 897 g/mol. The Hall–Kier alpha value is -3.60. The van der Waals surface area contributed by atoms with Gasteiger partial charge in [0.2, 0.25) is 0 Å². The largest absolute Gasteiger partial charge is 0.481 e. The predicted molar refractivity (Wildman–Crippen MR) is 231 cm³/mol. The van der Waals surface area contributed by atoms with Crippen molar-refractivity contribution in [2.24, 2.45) is 34.4 Å². The van der Waals surface area contributed by atoms with E-state index in [0.29, 0.717) is 39.3 Å². The maximum Gasteiger partial charge on any atom is 0.300 e. The van der Waals surface area contributed by atoms with E-state index in [1.807, 2.05) is 0 Å². The third-order valence-electron chi connectivity index (χ3n) is 0.500. The maximum absolute atomic E-state index is 9.00. The second-order valence-corrected chi connectivity index (χ2v) is 7.96. The van der Waals surface area contributed by atoms with Crippen molar-refractivity contribution >= 4 is 160 Å². The van der Waals surface area contributed by atoms with Crippen LogP contribution in [0.25, 0.3) is 0 Å². The van der Waals surface area contributed by atoms with Gasteiger partial charge in [0.25, 0.3) is 71.6 Å². The topological polar surface area (TPSA) is 604 Å². The number of carbonyl (C=O) groups is 12. The van der Waals surface area contributed by atoms with Crippen LogP contribution in [0, 0.1) is 0 Å². The fourth-order valence-corrected chi connectivity index (χ4v) is 0. The number of rotatable bonds is 3. The second-order valence-electron chi connectivity index (χ2n) is 7.96. The molecule has 0 aromatic heterocycles. The average molecular weight is 970 g/mol. The van der Waals surface area contributed by atoms with Gasteiger partial charge >= 0.3 is 0 Å². The fraction of sp³-hybridized carbons (Fsp3) is 0.600. The third kappa shape index (κ3) is 516000. The Morgan fingerprint density at radius 3 is 0.222 bits per heavy atom. The van der Waals surface area contributed by atoms with Gasteiger partial charge in [-0.1, -0.05) is 0 Å². The summed E-state index contributed by atoms with van der Waals surface area (Å²) < 4.78 is 0. The SMILES string of the molecule is CC(=O)O.CC(=O)O.CC(=O)O.CC(=O)O.CC(=O)O.CC(=O)O.CC(=O)O.CC(=O)O.CC(=O)O.CC(=O)O.CC(=O)O.CC(=O)O.NCCN.NCCN.NCCN.[Na].[Na].[Na]. The van der Waals surface area contributed by atoms with Crippen LogP contribution in [-0.2, 0) is 57.5 Å². The second kappa shape index (κ2) is 130. The molecule has 3 radical (unpaired) electrons. The van der Waals surface area contributed by atoms with Crippen LogP contribution in [0.4, 0.5) is 0 Å². The molecule has 0 bridgehead atoms. The van der Waals surface area contributed by atoms with Crippen molar-refractivity contribution < 1.29 is 119 Å². The zero-order valence-corrected chi connectivity index (χ0v) is 45.0. The van der Waals surface area contributed by atoms with Crippen LogP contribution in [0.1, 0.15) is 83.1 Å². The summed E-state index contributed by atoms with van der Waals surface area (Å²) in [7, 11) is 0. The van der Waals surface area contributed by atoms with Crippen LogP contribution in [0.2, 0.25) is 0 Å². The molecule has 0 rings (SSSR count). The Balaban J connectivity index is -0.0000000215. The summed E-state index contributed by atoms with van der Waals surface area (Å²) in [5.41, 5.74) is 29.4. The van der Waals surface area contributed by atoms with Crippen molar-refractivity contribution in [3.05, 3.63) is 0 Å². The van der Waals surface area contributed by atoms with Gasteiger partial charge in [-0.2, -0.15) is 0 Å². The summed E-state index contributed by atoms with van der Waals surface area (Å²) >= 11 is 0. The Morgan fingerprint density at radius 2 is 0.222 bits per heavy atom. The normalized spacial score (nSPS) is 6.19. The summed E-state index contributed by atoms with van der Waals surface area (Å²) in [6.45, 7) is 16.6. The van der Waals surface area contributed by atoms with Gasteiger partial charge in [0.05, 0.1) is 0 Å². The molecule has 0 saturated carbocycles. The maximum atomic E-state index is 9.00. The molecule has 0 unspecified atom stereocenters. The van der Waals surface area contributed by atoms with E-state index in [0.717, 1.165) is 83.1 Å². The molecule has 63 heavy (non-hydrogen) atoms. The van der Waals surface area contributed by atoms with Gasteiger partial charge in [-0.25, -0.2) is 0 Å². The minimum atomic E-state index is -0.833. The number of nitrogens with two attached hydrogens (primary N) is 6. The van der Waals surface area contributed by atoms with Crippen molar-refractivity contribution in [2.45, 2.75) is 83.1 Å². The van der Waals surface area contributed by atoms with Crippen molar-refractivity contribution in [3.63, 3.8) is 0 Å². The Labute approximate surface area is 432 Å². The molecule has 0 aliphatic heterocycles. The molecule has 0 fully saturated rings. The van der Waals surface area contributed by atoms with E-state index < -0.39 is 71.6 Å². The predicted octanol–water partition coefficient (Wildman–Crippen LogP) is -3.34. The molecule has 0 aliphatic rings. The van der Waals surface area contributed by atoms with Gasteiger partial charge in [-0.15, -0.1) is 0 Å². The van der Waals surface area contributed by atoms with Crippen LogP contribution in [0.3, 0.4) is 0 Å². The van der Waals surface area contributed by atoms with Crippen molar-refractivity contribution in [1.82, 2.24) is 0 Å².